The Labute approximate surface area is 119 Å². The zero-order valence-electron chi connectivity index (χ0n) is 13.0. The Morgan fingerprint density at radius 1 is 1.00 bits per heavy atom. The van der Waals surface area contributed by atoms with E-state index in [1.54, 1.807) is 0 Å². The Kier molecular flexibility index (Phi) is 10.4. The summed E-state index contributed by atoms with van der Waals surface area (Å²) < 4.78 is 11.3. The standard InChI is InChI=1S/C16H33NO2/c1-3-5-6-7-8-9-10-11-15(17-4-2)16-14-18-12-13-19-16/h15-17H,3-14H2,1-2H3. The van der Waals surface area contributed by atoms with E-state index in [0.717, 1.165) is 26.4 Å². The van der Waals surface area contributed by atoms with E-state index in [9.17, 15) is 0 Å². The van der Waals surface area contributed by atoms with Crippen LogP contribution in [0.5, 0.6) is 0 Å². The topological polar surface area (TPSA) is 30.5 Å². The van der Waals surface area contributed by atoms with Crippen molar-refractivity contribution in [3.63, 3.8) is 0 Å². The van der Waals surface area contributed by atoms with Crippen LogP contribution in [0.15, 0.2) is 0 Å². The van der Waals surface area contributed by atoms with Crippen LogP contribution in [0.2, 0.25) is 0 Å². The number of rotatable bonds is 11. The van der Waals surface area contributed by atoms with E-state index >= 15 is 0 Å². The van der Waals surface area contributed by atoms with Crippen LogP contribution in [0.1, 0.15) is 65.2 Å². The highest BCUT2D eigenvalue weighted by atomic mass is 16.6. The highest BCUT2D eigenvalue weighted by Gasteiger charge is 2.23. The van der Waals surface area contributed by atoms with E-state index in [1.165, 1.54) is 51.4 Å². The number of unbranched alkanes of at least 4 members (excludes halogenated alkanes) is 6. The summed E-state index contributed by atoms with van der Waals surface area (Å²) in [7, 11) is 0. The molecule has 1 aliphatic rings. The highest BCUT2D eigenvalue weighted by Crippen LogP contribution is 2.14. The molecule has 3 nitrogen and oxygen atoms in total. The first-order valence-corrected chi connectivity index (χ1v) is 8.31. The van der Waals surface area contributed by atoms with E-state index < -0.39 is 0 Å². The Morgan fingerprint density at radius 3 is 2.37 bits per heavy atom. The molecular formula is C16H33NO2. The zero-order chi connectivity index (χ0) is 13.8. The summed E-state index contributed by atoms with van der Waals surface area (Å²) in [5, 5.41) is 3.56. The second kappa shape index (κ2) is 11.7. The smallest absolute Gasteiger partial charge is 0.0962 e. The average Bonchev–Trinajstić information content (AvgIpc) is 2.46. The largest absolute Gasteiger partial charge is 0.376 e. The van der Waals surface area contributed by atoms with E-state index in [2.05, 4.69) is 19.2 Å². The maximum atomic E-state index is 5.82. The lowest BCUT2D eigenvalue weighted by molar-refractivity contribution is -0.102. The fraction of sp³-hybridized carbons (Fsp3) is 1.00. The molecule has 2 unspecified atom stereocenters. The zero-order valence-corrected chi connectivity index (χ0v) is 13.0. The third kappa shape index (κ3) is 7.91. The van der Waals surface area contributed by atoms with Crippen molar-refractivity contribution in [3.8, 4) is 0 Å². The molecule has 0 aromatic rings. The third-order valence-electron chi connectivity index (χ3n) is 3.88. The van der Waals surface area contributed by atoms with E-state index in [0.29, 0.717) is 6.04 Å². The molecule has 1 aliphatic heterocycles. The summed E-state index contributed by atoms with van der Waals surface area (Å²) in [6.07, 6.45) is 11.1. The molecule has 0 aromatic carbocycles. The summed E-state index contributed by atoms with van der Waals surface area (Å²) in [5.41, 5.74) is 0. The van der Waals surface area contributed by atoms with Crippen molar-refractivity contribution in [1.82, 2.24) is 5.32 Å². The molecule has 2 atom stereocenters. The molecule has 0 aromatic heterocycles. The van der Waals surface area contributed by atoms with Crippen molar-refractivity contribution in [2.75, 3.05) is 26.4 Å². The van der Waals surface area contributed by atoms with Gasteiger partial charge in [-0.1, -0.05) is 58.8 Å². The molecule has 0 saturated carbocycles. The van der Waals surface area contributed by atoms with Gasteiger partial charge in [0.1, 0.15) is 0 Å². The quantitative estimate of drug-likeness (QED) is 0.583. The highest BCUT2D eigenvalue weighted by molar-refractivity contribution is 4.78. The molecule has 1 heterocycles. The molecule has 0 spiro atoms. The van der Waals surface area contributed by atoms with Gasteiger partial charge in [-0.15, -0.1) is 0 Å². The van der Waals surface area contributed by atoms with Gasteiger partial charge in [-0.25, -0.2) is 0 Å². The molecule has 0 bridgehead atoms. The predicted octanol–water partition coefficient (Wildman–Crippen LogP) is 3.52. The van der Waals surface area contributed by atoms with E-state index in [1.807, 2.05) is 0 Å². The van der Waals surface area contributed by atoms with Crippen LogP contribution < -0.4 is 5.32 Å². The molecule has 114 valence electrons. The molecule has 0 aliphatic carbocycles. The molecule has 0 radical (unpaired) electrons. The third-order valence-corrected chi connectivity index (χ3v) is 3.88. The Morgan fingerprint density at radius 2 is 1.74 bits per heavy atom. The van der Waals surface area contributed by atoms with Crippen molar-refractivity contribution in [2.24, 2.45) is 0 Å². The van der Waals surface area contributed by atoms with E-state index in [4.69, 9.17) is 9.47 Å². The average molecular weight is 271 g/mol. The maximum absolute atomic E-state index is 5.82. The summed E-state index contributed by atoms with van der Waals surface area (Å²) >= 11 is 0. The van der Waals surface area contributed by atoms with Gasteiger partial charge in [0.2, 0.25) is 0 Å². The van der Waals surface area contributed by atoms with Crippen molar-refractivity contribution in [1.29, 1.82) is 0 Å². The number of likely N-dealkylation sites (N-methyl/N-ethyl adjacent to an activating group) is 1. The molecule has 19 heavy (non-hydrogen) atoms. The lowest BCUT2D eigenvalue weighted by Crippen LogP contribution is -2.46. The van der Waals surface area contributed by atoms with Crippen LogP contribution in [0.4, 0.5) is 0 Å². The molecule has 1 rings (SSSR count). The van der Waals surface area contributed by atoms with Gasteiger partial charge < -0.3 is 14.8 Å². The Balaban J connectivity index is 2.07. The van der Waals surface area contributed by atoms with Gasteiger partial charge in [-0.3, -0.25) is 0 Å². The van der Waals surface area contributed by atoms with Crippen LogP contribution in [-0.2, 0) is 9.47 Å². The van der Waals surface area contributed by atoms with Crippen LogP contribution in [0.3, 0.4) is 0 Å². The lowest BCUT2D eigenvalue weighted by Gasteiger charge is -2.31. The molecule has 1 N–H and O–H groups in total. The summed E-state index contributed by atoms with van der Waals surface area (Å²) in [5.74, 6) is 0. The van der Waals surface area contributed by atoms with Crippen LogP contribution >= 0.6 is 0 Å². The molecule has 3 heteroatoms. The van der Waals surface area contributed by atoms with Gasteiger partial charge in [0.15, 0.2) is 0 Å². The minimum absolute atomic E-state index is 0.258. The van der Waals surface area contributed by atoms with Gasteiger partial charge in [0, 0.05) is 6.04 Å². The second-order valence-electron chi connectivity index (χ2n) is 5.56. The van der Waals surface area contributed by atoms with Gasteiger partial charge in [0.25, 0.3) is 0 Å². The lowest BCUT2D eigenvalue weighted by atomic mass is 10.0. The minimum atomic E-state index is 0.258. The number of nitrogens with one attached hydrogen (secondary N) is 1. The second-order valence-corrected chi connectivity index (χ2v) is 5.56. The normalized spacial score (nSPS) is 21.5. The summed E-state index contributed by atoms with van der Waals surface area (Å²) in [6.45, 7) is 7.72. The minimum Gasteiger partial charge on any atom is -0.376 e. The van der Waals surface area contributed by atoms with Gasteiger partial charge in [0.05, 0.1) is 25.9 Å². The number of ether oxygens (including phenoxy) is 2. The first-order chi connectivity index (χ1) is 9.38. The number of hydrogen-bond donors (Lipinski definition) is 1. The van der Waals surface area contributed by atoms with Crippen molar-refractivity contribution in [2.45, 2.75) is 77.4 Å². The van der Waals surface area contributed by atoms with Crippen molar-refractivity contribution < 1.29 is 9.47 Å². The first kappa shape index (κ1) is 16.9. The first-order valence-electron chi connectivity index (χ1n) is 8.31. The van der Waals surface area contributed by atoms with Gasteiger partial charge >= 0.3 is 0 Å². The Hall–Kier alpha value is -0.120. The van der Waals surface area contributed by atoms with Gasteiger partial charge in [-0.05, 0) is 13.0 Å². The SMILES string of the molecule is CCCCCCCCCC(NCC)C1COCCO1. The molecule has 1 fully saturated rings. The fourth-order valence-electron chi connectivity index (χ4n) is 2.74. The summed E-state index contributed by atoms with van der Waals surface area (Å²) in [6, 6.07) is 0.473. The number of hydrogen-bond acceptors (Lipinski definition) is 3. The molecule has 0 amide bonds. The summed E-state index contributed by atoms with van der Waals surface area (Å²) in [4.78, 5) is 0. The van der Waals surface area contributed by atoms with Crippen molar-refractivity contribution in [3.05, 3.63) is 0 Å². The molecule has 1 saturated heterocycles. The predicted molar refractivity (Wildman–Crippen MR) is 80.6 cm³/mol. The van der Waals surface area contributed by atoms with E-state index in [-0.39, 0.29) is 6.10 Å². The molecular weight excluding hydrogens is 238 g/mol. The van der Waals surface area contributed by atoms with Gasteiger partial charge in [-0.2, -0.15) is 0 Å². The maximum Gasteiger partial charge on any atom is 0.0962 e. The van der Waals surface area contributed by atoms with Crippen LogP contribution in [0.25, 0.3) is 0 Å². The van der Waals surface area contributed by atoms with Crippen LogP contribution in [0, 0.1) is 0 Å². The Bertz CT molecular complexity index is 193. The fourth-order valence-corrected chi connectivity index (χ4v) is 2.74. The monoisotopic (exact) mass is 271 g/mol. The van der Waals surface area contributed by atoms with Crippen LogP contribution in [-0.4, -0.2) is 38.5 Å². The van der Waals surface area contributed by atoms with Crippen molar-refractivity contribution >= 4 is 0 Å².